The van der Waals surface area contributed by atoms with Crippen molar-refractivity contribution < 1.29 is 9.13 Å². The van der Waals surface area contributed by atoms with Gasteiger partial charge in [0.25, 0.3) is 5.56 Å². The van der Waals surface area contributed by atoms with Gasteiger partial charge in [0.1, 0.15) is 17.9 Å². The van der Waals surface area contributed by atoms with Gasteiger partial charge in [-0.25, -0.2) is 4.39 Å². The third-order valence-electron chi connectivity index (χ3n) is 7.30. The number of fused-ring (bicyclic) bond motifs is 1. The summed E-state index contributed by atoms with van der Waals surface area (Å²) in [5.74, 6) is -0.267. The molecule has 4 rings (SSSR count). The maximum atomic E-state index is 14.0. The number of aryl methyl sites for hydroxylation is 1. The zero-order valence-electron chi connectivity index (χ0n) is 21.2. The SMILES string of the molecule is COC(C)c1cc(F)ccc1[C@@H](C)N1C[C@H](C)N(c2cc(=O)n(C)c3cn(CC#N)nc23)C[C@H]1C. The van der Waals surface area contributed by atoms with Crippen molar-refractivity contribution >= 4 is 16.7 Å². The lowest BCUT2D eigenvalue weighted by Gasteiger charge is -2.48. The second kappa shape index (κ2) is 9.80. The van der Waals surface area contributed by atoms with E-state index in [4.69, 9.17) is 10.00 Å². The lowest BCUT2D eigenvalue weighted by Crippen LogP contribution is -2.57. The highest BCUT2D eigenvalue weighted by Gasteiger charge is 2.35. The number of ether oxygens (including phenoxy) is 1. The molecule has 0 N–H and O–H groups in total. The third kappa shape index (κ3) is 4.56. The van der Waals surface area contributed by atoms with Crippen LogP contribution in [0.1, 0.15) is 51.0 Å². The molecule has 1 fully saturated rings. The van der Waals surface area contributed by atoms with E-state index >= 15 is 0 Å². The van der Waals surface area contributed by atoms with E-state index in [1.807, 2.05) is 13.0 Å². The number of pyridine rings is 1. The van der Waals surface area contributed by atoms with Gasteiger partial charge >= 0.3 is 0 Å². The Morgan fingerprint density at radius 2 is 1.94 bits per heavy atom. The van der Waals surface area contributed by atoms with Crippen LogP contribution in [0, 0.1) is 17.1 Å². The molecule has 9 heteroatoms. The zero-order valence-corrected chi connectivity index (χ0v) is 21.2. The Hall–Kier alpha value is -3.22. The summed E-state index contributed by atoms with van der Waals surface area (Å²) in [6.07, 6.45) is 1.54. The average Bonchev–Trinajstić information content (AvgIpc) is 3.26. The molecule has 1 aliphatic heterocycles. The van der Waals surface area contributed by atoms with Crippen molar-refractivity contribution in [2.45, 2.75) is 58.5 Å². The highest BCUT2D eigenvalue weighted by molar-refractivity contribution is 5.88. The maximum Gasteiger partial charge on any atom is 0.252 e. The monoisotopic (exact) mass is 480 g/mol. The molecule has 0 aliphatic carbocycles. The minimum atomic E-state index is -0.267. The van der Waals surface area contributed by atoms with E-state index in [2.05, 4.69) is 41.7 Å². The number of benzene rings is 1. The van der Waals surface area contributed by atoms with E-state index in [-0.39, 0.29) is 42.2 Å². The van der Waals surface area contributed by atoms with E-state index in [9.17, 15) is 9.18 Å². The van der Waals surface area contributed by atoms with Crippen molar-refractivity contribution in [3.05, 3.63) is 57.8 Å². The molecule has 0 bridgehead atoms. The molecule has 1 saturated heterocycles. The number of hydrogen-bond donors (Lipinski definition) is 0. The van der Waals surface area contributed by atoms with Gasteiger partial charge in [0.05, 0.1) is 29.6 Å². The molecule has 1 aromatic carbocycles. The predicted molar refractivity (Wildman–Crippen MR) is 134 cm³/mol. The zero-order chi connectivity index (χ0) is 25.4. The fourth-order valence-electron chi connectivity index (χ4n) is 5.22. The van der Waals surface area contributed by atoms with Gasteiger partial charge in [0.2, 0.25) is 0 Å². The number of anilines is 1. The molecule has 0 saturated carbocycles. The molecular weight excluding hydrogens is 447 g/mol. The smallest absolute Gasteiger partial charge is 0.252 e. The van der Waals surface area contributed by atoms with Crippen LogP contribution in [0.25, 0.3) is 11.0 Å². The van der Waals surface area contributed by atoms with E-state index in [1.165, 1.54) is 6.07 Å². The number of rotatable bonds is 6. The Labute approximate surface area is 205 Å². The van der Waals surface area contributed by atoms with Gasteiger partial charge in [0.15, 0.2) is 0 Å². The summed E-state index contributed by atoms with van der Waals surface area (Å²) in [5, 5.41) is 13.7. The van der Waals surface area contributed by atoms with Crippen molar-refractivity contribution in [3.8, 4) is 6.07 Å². The molecule has 186 valence electrons. The second-order valence-corrected chi connectivity index (χ2v) is 9.52. The maximum absolute atomic E-state index is 14.0. The normalized spacial score (nSPS) is 20.7. The number of hydrogen-bond acceptors (Lipinski definition) is 6. The number of aromatic nitrogens is 3. The molecule has 0 spiro atoms. The van der Waals surface area contributed by atoms with Gasteiger partial charge in [-0.2, -0.15) is 10.4 Å². The lowest BCUT2D eigenvalue weighted by molar-refractivity contribution is 0.104. The van der Waals surface area contributed by atoms with Gasteiger partial charge in [0, 0.05) is 51.4 Å². The van der Waals surface area contributed by atoms with Gasteiger partial charge in [-0.15, -0.1) is 0 Å². The van der Waals surface area contributed by atoms with Crippen LogP contribution >= 0.6 is 0 Å². The Morgan fingerprint density at radius 3 is 2.63 bits per heavy atom. The molecule has 3 heterocycles. The quantitative estimate of drug-likeness (QED) is 0.535. The van der Waals surface area contributed by atoms with E-state index in [0.29, 0.717) is 12.1 Å². The summed E-state index contributed by atoms with van der Waals surface area (Å²) in [7, 11) is 3.36. The van der Waals surface area contributed by atoms with Crippen LogP contribution in [-0.2, 0) is 18.3 Å². The first-order valence-corrected chi connectivity index (χ1v) is 11.9. The van der Waals surface area contributed by atoms with Gasteiger partial charge in [-0.05, 0) is 51.0 Å². The molecule has 8 nitrogen and oxygen atoms in total. The molecule has 0 radical (unpaired) electrons. The second-order valence-electron chi connectivity index (χ2n) is 9.52. The molecule has 2 aromatic heterocycles. The number of methoxy groups -OCH3 is 1. The van der Waals surface area contributed by atoms with Crippen LogP contribution in [0.2, 0.25) is 0 Å². The highest BCUT2D eigenvalue weighted by Crippen LogP contribution is 2.35. The van der Waals surface area contributed by atoms with Crippen LogP contribution in [0.4, 0.5) is 10.1 Å². The van der Waals surface area contributed by atoms with E-state index in [1.54, 1.807) is 41.7 Å². The summed E-state index contributed by atoms with van der Waals surface area (Å²) in [5.41, 5.74) is 4.03. The van der Waals surface area contributed by atoms with Gasteiger partial charge in [-0.1, -0.05) is 6.07 Å². The topological polar surface area (TPSA) is 79.3 Å². The summed E-state index contributed by atoms with van der Waals surface area (Å²) in [6.45, 7) is 9.99. The Kier molecular flexibility index (Phi) is 6.97. The summed E-state index contributed by atoms with van der Waals surface area (Å²) in [4.78, 5) is 17.4. The molecule has 35 heavy (non-hydrogen) atoms. The van der Waals surface area contributed by atoms with Crippen molar-refractivity contribution in [3.63, 3.8) is 0 Å². The average molecular weight is 481 g/mol. The Morgan fingerprint density at radius 1 is 1.20 bits per heavy atom. The van der Waals surface area contributed by atoms with Crippen molar-refractivity contribution in [1.82, 2.24) is 19.2 Å². The third-order valence-corrected chi connectivity index (χ3v) is 7.30. The van der Waals surface area contributed by atoms with Crippen LogP contribution < -0.4 is 10.5 Å². The fourth-order valence-corrected chi connectivity index (χ4v) is 5.22. The Balaban J connectivity index is 1.67. The summed E-state index contributed by atoms with van der Waals surface area (Å²) >= 11 is 0. The van der Waals surface area contributed by atoms with E-state index in [0.717, 1.165) is 28.9 Å². The number of nitrogens with zero attached hydrogens (tertiary/aromatic N) is 6. The molecule has 3 aromatic rings. The first-order valence-electron chi connectivity index (χ1n) is 11.9. The Bertz CT molecular complexity index is 1330. The van der Waals surface area contributed by atoms with E-state index < -0.39 is 0 Å². The lowest BCUT2D eigenvalue weighted by atomic mass is 9.94. The van der Waals surface area contributed by atoms with Crippen LogP contribution in [-0.4, -0.2) is 51.5 Å². The summed E-state index contributed by atoms with van der Waals surface area (Å²) < 4.78 is 22.7. The van der Waals surface area contributed by atoms with Gasteiger partial charge < -0.3 is 14.2 Å². The van der Waals surface area contributed by atoms with Gasteiger partial charge in [-0.3, -0.25) is 14.4 Å². The largest absolute Gasteiger partial charge is 0.377 e. The van der Waals surface area contributed by atoms with Crippen LogP contribution in [0.15, 0.2) is 35.3 Å². The minimum Gasteiger partial charge on any atom is -0.377 e. The minimum absolute atomic E-state index is 0.0568. The van der Waals surface area contributed by atoms with Crippen molar-refractivity contribution in [2.24, 2.45) is 7.05 Å². The standard InChI is InChI=1S/C26H33FN6O2/c1-16-14-33(23-12-25(34)30(5)24-15-31(10-9-28)29-26(23)24)17(2)13-32(16)18(3)21-8-7-20(27)11-22(21)19(4)35-6/h7-8,11-12,15-19H,10,13-14H2,1-6H3/t16-,17+,18-,19?/m1/s1. The first-order chi connectivity index (χ1) is 16.7. The molecule has 0 amide bonds. The number of piperazine rings is 1. The molecule has 4 atom stereocenters. The van der Waals surface area contributed by atoms with Crippen LogP contribution in [0.5, 0.6) is 0 Å². The molecule has 1 unspecified atom stereocenters. The predicted octanol–water partition coefficient (Wildman–Crippen LogP) is 3.77. The highest BCUT2D eigenvalue weighted by atomic mass is 19.1. The van der Waals surface area contributed by atoms with Crippen molar-refractivity contribution in [2.75, 3.05) is 25.1 Å². The number of halogens is 1. The summed E-state index contributed by atoms with van der Waals surface area (Å²) in [6, 6.07) is 9.02. The van der Waals surface area contributed by atoms with Crippen molar-refractivity contribution in [1.29, 1.82) is 5.26 Å². The molecular formula is C26H33FN6O2. The fraction of sp³-hybridized carbons (Fsp3) is 0.500. The van der Waals surface area contributed by atoms with Crippen LogP contribution in [0.3, 0.4) is 0 Å². The molecule has 1 aliphatic rings. The first kappa shape index (κ1) is 24.9. The number of nitriles is 1.